The third-order valence-corrected chi connectivity index (χ3v) is 5.15. The SMILES string of the molecule is CNC(c1csc(I)c1)c1cccc2ccccc12. The van der Waals surface area contributed by atoms with Gasteiger partial charge < -0.3 is 5.32 Å². The van der Waals surface area contributed by atoms with Crippen LogP contribution in [0, 0.1) is 2.88 Å². The zero-order chi connectivity index (χ0) is 13.2. The van der Waals surface area contributed by atoms with Crippen molar-refractivity contribution in [2.45, 2.75) is 6.04 Å². The fraction of sp³-hybridized carbons (Fsp3) is 0.125. The van der Waals surface area contributed by atoms with Gasteiger partial charge in [0.15, 0.2) is 0 Å². The maximum absolute atomic E-state index is 3.44. The number of fused-ring (bicyclic) bond motifs is 1. The lowest BCUT2D eigenvalue weighted by atomic mass is 9.95. The number of hydrogen-bond donors (Lipinski definition) is 1. The van der Waals surface area contributed by atoms with Crippen LogP contribution in [0.25, 0.3) is 10.8 Å². The molecule has 96 valence electrons. The van der Waals surface area contributed by atoms with Gasteiger partial charge >= 0.3 is 0 Å². The van der Waals surface area contributed by atoms with Crippen molar-refractivity contribution in [1.82, 2.24) is 5.32 Å². The van der Waals surface area contributed by atoms with E-state index in [9.17, 15) is 0 Å². The highest BCUT2D eigenvalue weighted by Crippen LogP contribution is 2.31. The second kappa shape index (κ2) is 5.61. The van der Waals surface area contributed by atoms with Crippen molar-refractivity contribution >= 4 is 44.7 Å². The molecule has 0 spiro atoms. The van der Waals surface area contributed by atoms with E-state index in [0.29, 0.717) is 0 Å². The second-order valence-electron chi connectivity index (χ2n) is 4.47. The fourth-order valence-electron chi connectivity index (χ4n) is 2.48. The molecule has 0 radical (unpaired) electrons. The van der Waals surface area contributed by atoms with Gasteiger partial charge in [0.1, 0.15) is 0 Å². The highest BCUT2D eigenvalue weighted by atomic mass is 127. The minimum atomic E-state index is 0.255. The van der Waals surface area contributed by atoms with Crippen molar-refractivity contribution in [3.05, 3.63) is 67.9 Å². The second-order valence-corrected chi connectivity index (χ2v) is 7.28. The van der Waals surface area contributed by atoms with E-state index in [2.05, 4.69) is 81.8 Å². The number of halogens is 1. The lowest BCUT2D eigenvalue weighted by Crippen LogP contribution is -2.17. The summed E-state index contributed by atoms with van der Waals surface area (Å²) in [6, 6.07) is 17.6. The van der Waals surface area contributed by atoms with Crippen molar-refractivity contribution < 1.29 is 0 Å². The monoisotopic (exact) mass is 379 g/mol. The van der Waals surface area contributed by atoms with E-state index in [1.807, 2.05) is 7.05 Å². The minimum Gasteiger partial charge on any atom is -0.309 e. The molecule has 3 heteroatoms. The Kier molecular flexibility index (Phi) is 3.86. The molecule has 0 bridgehead atoms. The Morgan fingerprint density at radius 3 is 2.63 bits per heavy atom. The molecule has 1 atom stereocenters. The van der Waals surface area contributed by atoms with Gasteiger partial charge in [0, 0.05) is 0 Å². The van der Waals surface area contributed by atoms with E-state index in [4.69, 9.17) is 0 Å². The number of hydrogen-bond acceptors (Lipinski definition) is 2. The van der Waals surface area contributed by atoms with Crippen LogP contribution in [0.3, 0.4) is 0 Å². The van der Waals surface area contributed by atoms with Crippen LogP contribution in [0.5, 0.6) is 0 Å². The molecule has 0 saturated carbocycles. The summed E-state index contributed by atoms with van der Waals surface area (Å²) in [5.74, 6) is 0. The fourth-order valence-corrected chi connectivity index (χ4v) is 3.88. The molecule has 1 unspecified atom stereocenters. The van der Waals surface area contributed by atoms with Crippen LogP contribution in [0.15, 0.2) is 53.9 Å². The van der Waals surface area contributed by atoms with Crippen molar-refractivity contribution in [1.29, 1.82) is 0 Å². The predicted molar refractivity (Wildman–Crippen MR) is 91.9 cm³/mol. The molecule has 0 aliphatic heterocycles. The van der Waals surface area contributed by atoms with Crippen molar-refractivity contribution in [3.63, 3.8) is 0 Å². The lowest BCUT2D eigenvalue weighted by molar-refractivity contribution is 0.699. The average Bonchev–Trinajstić information content (AvgIpc) is 2.86. The molecular weight excluding hydrogens is 365 g/mol. The van der Waals surface area contributed by atoms with E-state index in [-0.39, 0.29) is 6.04 Å². The highest BCUT2D eigenvalue weighted by Gasteiger charge is 2.15. The summed E-state index contributed by atoms with van der Waals surface area (Å²) in [5.41, 5.74) is 2.68. The minimum absolute atomic E-state index is 0.255. The third kappa shape index (κ3) is 2.55. The van der Waals surface area contributed by atoms with Crippen molar-refractivity contribution in [3.8, 4) is 0 Å². The molecule has 0 aliphatic rings. The molecule has 0 saturated heterocycles. The molecule has 3 rings (SSSR count). The predicted octanol–water partition coefficient (Wildman–Crippen LogP) is 4.81. The first-order chi connectivity index (χ1) is 9.29. The zero-order valence-electron chi connectivity index (χ0n) is 10.6. The van der Waals surface area contributed by atoms with Crippen LogP contribution < -0.4 is 5.32 Å². The molecule has 19 heavy (non-hydrogen) atoms. The summed E-state index contributed by atoms with van der Waals surface area (Å²) in [4.78, 5) is 0. The van der Waals surface area contributed by atoms with Crippen LogP contribution in [-0.4, -0.2) is 7.05 Å². The summed E-state index contributed by atoms with van der Waals surface area (Å²) < 4.78 is 1.33. The van der Waals surface area contributed by atoms with Crippen LogP contribution in [0.4, 0.5) is 0 Å². The van der Waals surface area contributed by atoms with Crippen molar-refractivity contribution in [2.75, 3.05) is 7.05 Å². The first-order valence-electron chi connectivity index (χ1n) is 6.18. The molecular formula is C16H14INS. The molecule has 1 aromatic heterocycles. The standard InChI is InChI=1S/C16H14INS/c1-18-16(12-9-15(17)19-10-12)14-8-4-6-11-5-2-3-7-13(11)14/h2-10,16,18H,1H3. The van der Waals surface area contributed by atoms with Crippen LogP contribution in [0.1, 0.15) is 17.2 Å². The van der Waals surface area contributed by atoms with Gasteiger partial charge in [0.05, 0.1) is 8.93 Å². The normalized spacial score (nSPS) is 12.7. The molecule has 0 amide bonds. The van der Waals surface area contributed by atoms with Gasteiger partial charge in [-0.15, -0.1) is 11.3 Å². The van der Waals surface area contributed by atoms with Gasteiger partial charge in [-0.05, 0) is 63.0 Å². The topological polar surface area (TPSA) is 12.0 Å². The molecule has 0 fully saturated rings. The Bertz CT molecular complexity index is 699. The maximum atomic E-state index is 3.44. The summed E-state index contributed by atoms with van der Waals surface area (Å²) >= 11 is 4.17. The number of benzene rings is 2. The van der Waals surface area contributed by atoms with Crippen LogP contribution in [0.2, 0.25) is 0 Å². The van der Waals surface area contributed by atoms with Crippen LogP contribution in [-0.2, 0) is 0 Å². The lowest BCUT2D eigenvalue weighted by Gasteiger charge is -2.17. The summed E-state index contributed by atoms with van der Waals surface area (Å²) in [6.07, 6.45) is 0. The van der Waals surface area contributed by atoms with Gasteiger partial charge in [-0.2, -0.15) is 0 Å². The number of nitrogens with one attached hydrogen (secondary N) is 1. The highest BCUT2D eigenvalue weighted by molar-refractivity contribution is 14.1. The number of rotatable bonds is 3. The van der Waals surface area contributed by atoms with Gasteiger partial charge in [-0.1, -0.05) is 42.5 Å². The van der Waals surface area contributed by atoms with E-state index in [0.717, 1.165) is 0 Å². The van der Waals surface area contributed by atoms with E-state index < -0.39 is 0 Å². The molecule has 1 nitrogen and oxygen atoms in total. The Morgan fingerprint density at radius 1 is 1.11 bits per heavy atom. The van der Waals surface area contributed by atoms with E-state index >= 15 is 0 Å². The van der Waals surface area contributed by atoms with Gasteiger partial charge in [-0.25, -0.2) is 0 Å². The molecule has 3 aromatic rings. The summed E-state index contributed by atoms with van der Waals surface area (Å²) in [5, 5.41) is 8.31. The average molecular weight is 379 g/mol. The van der Waals surface area contributed by atoms with Gasteiger partial charge in [0.25, 0.3) is 0 Å². The Labute approximate surface area is 130 Å². The van der Waals surface area contributed by atoms with Gasteiger partial charge in [-0.3, -0.25) is 0 Å². The first kappa shape index (κ1) is 13.1. The van der Waals surface area contributed by atoms with Crippen molar-refractivity contribution in [2.24, 2.45) is 0 Å². The van der Waals surface area contributed by atoms with E-state index in [1.54, 1.807) is 11.3 Å². The smallest absolute Gasteiger partial charge is 0.0656 e. The molecule has 1 N–H and O–H groups in total. The largest absolute Gasteiger partial charge is 0.309 e. The summed E-state index contributed by atoms with van der Waals surface area (Å²) in [6.45, 7) is 0. The Morgan fingerprint density at radius 2 is 1.89 bits per heavy atom. The number of thiophene rings is 1. The molecule has 1 heterocycles. The quantitative estimate of drug-likeness (QED) is 0.644. The maximum Gasteiger partial charge on any atom is 0.0656 e. The Hall–Kier alpha value is -0.910. The third-order valence-electron chi connectivity index (χ3n) is 3.34. The Balaban J connectivity index is 2.16. The molecule has 2 aromatic carbocycles. The zero-order valence-corrected chi connectivity index (χ0v) is 13.5. The van der Waals surface area contributed by atoms with E-state index in [1.165, 1.54) is 24.8 Å². The van der Waals surface area contributed by atoms with Gasteiger partial charge in [0.2, 0.25) is 0 Å². The van der Waals surface area contributed by atoms with Crippen LogP contribution >= 0.6 is 33.9 Å². The molecule has 0 aliphatic carbocycles. The summed E-state index contributed by atoms with van der Waals surface area (Å²) in [7, 11) is 2.02. The first-order valence-corrected chi connectivity index (χ1v) is 8.14.